The van der Waals surface area contributed by atoms with Crippen molar-refractivity contribution in [2.75, 3.05) is 39.4 Å². The highest BCUT2D eigenvalue weighted by atomic mass is 31.2. The molecule has 53 heavy (non-hydrogen) atoms. The van der Waals surface area contributed by atoms with Crippen LogP contribution in [0.5, 0.6) is 0 Å². The summed E-state index contributed by atoms with van der Waals surface area (Å²) in [5.41, 5.74) is 0. The minimum atomic E-state index is -4.64. The maximum absolute atomic E-state index is 9.32. The molecule has 2 saturated heterocycles. The maximum Gasteiger partial charge on any atom is 0.466 e. The van der Waals surface area contributed by atoms with Crippen LogP contribution in [0.4, 0.5) is 0 Å². The van der Waals surface area contributed by atoms with Crippen molar-refractivity contribution in [2.24, 2.45) is 0 Å². The summed E-state index contributed by atoms with van der Waals surface area (Å²) in [6.07, 6.45) is 47.9. The number of nitrogens with zero attached hydrogens (tertiary/aromatic N) is 2. The zero-order valence-electron chi connectivity index (χ0n) is 35.4. The summed E-state index contributed by atoms with van der Waals surface area (Å²) in [6, 6.07) is 0.938. The van der Waals surface area contributed by atoms with Gasteiger partial charge in [-0.05, 0) is 64.7 Å². The quantitative estimate of drug-likeness (QED) is 0.0323. The normalized spacial score (nSPS) is 17.9. The van der Waals surface area contributed by atoms with Gasteiger partial charge >= 0.3 is 7.82 Å². The molecule has 8 nitrogen and oxygen atoms in total. The minimum Gasteiger partial charge on any atom is -0.395 e. The van der Waals surface area contributed by atoms with Crippen LogP contribution in [0.3, 0.4) is 0 Å². The number of aliphatic hydroxyl groups is 2. The van der Waals surface area contributed by atoms with Crippen LogP contribution in [0.2, 0.25) is 0 Å². The summed E-state index contributed by atoms with van der Waals surface area (Å²) in [5.74, 6) is 0. The van der Waals surface area contributed by atoms with Gasteiger partial charge in [0.1, 0.15) is 0 Å². The molecular formula is C44H93N2O6P. The van der Waals surface area contributed by atoms with Crippen LogP contribution in [0.1, 0.15) is 232 Å². The van der Waals surface area contributed by atoms with Crippen LogP contribution < -0.4 is 0 Å². The first-order valence-electron chi connectivity index (χ1n) is 23.2. The van der Waals surface area contributed by atoms with Crippen molar-refractivity contribution in [3.05, 3.63) is 0 Å². The Morgan fingerprint density at radius 1 is 0.415 bits per heavy atom. The SMILES string of the molecule is CCCCCCCCCCCCCCCCCN1CCC[C@H]1CO.CCCCCCCCCCCCCCCCCN1CCC[C@H]1CO.O=P(O)(O)O. The van der Waals surface area contributed by atoms with Gasteiger partial charge in [-0.3, -0.25) is 9.80 Å². The largest absolute Gasteiger partial charge is 0.466 e. The molecule has 2 fully saturated rings. The molecule has 2 heterocycles. The Hall–Kier alpha value is -0.0500. The number of likely N-dealkylation sites (tertiary alicyclic amines) is 2. The molecule has 2 rings (SSSR count). The van der Waals surface area contributed by atoms with Crippen LogP contribution >= 0.6 is 7.82 Å². The van der Waals surface area contributed by atoms with Crippen molar-refractivity contribution < 1.29 is 29.5 Å². The van der Waals surface area contributed by atoms with Crippen LogP contribution in [-0.2, 0) is 4.57 Å². The first-order chi connectivity index (χ1) is 25.8. The highest BCUT2D eigenvalue weighted by molar-refractivity contribution is 7.45. The minimum absolute atomic E-state index is 0.360. The molecule has 0 saturated carbocycles. The van der Waals surface area contributed by atoms with Gasteiger partial charge in [-0.15, -0.1) is 0 Å². The van der Waals surface area contributed by atoms with Gasteiger partial charge in [0.25, 0.3) is 0 Å². The number of phosphoric acid groups is 1. The fourth-order valence-electron chi connectivity index (χ4n) is 8.16. The molecule has 9 heteroatoms. The second-order valence-electron chi connectivity index (χ2n) is 16.4. The molecule has 2 aliphatic heterocycles. The zero-order valence-corrected chi connectivity index (χ0v) is 36.3. The second-order valence-corrected chi connectivity index (χ2v) is 17.5. The standard InChI is InChI=1S/2C22H45NO.H3O4P/c2*1-2-3-4-5-6-7-8-9-10-11-12-13-14-15-16-19-23-20-17-18-22(23)21-24;1-5(2,3)4/h2*22,24H,2-21H2,1H3;(H3,1,2,3,4)/t2*22-;/m00./s1. The molecular weight excluding hydrogens is 683 g/mol. The van der Waals surface area contributed by atoms with Crippen molar-refractivity contribution in [1.29, 1.82) is 0 Å². The Morgan fingerprint density at radius 2 is 0.623 bits per heavy atom. The van der Waals surface area contributed by atoms with E-state index in [9.17, 15) is 10.2 Å². The van der Waals surface area contributed by atoms with Gasteiger partial charge in [0.05, 0.1) is 13.2 Å². The third-order valence-electron chi connectivity index (χ3n) is 11.5. The van der Waals surface area contributed by atoms with E-state index in [2.05, 4.69) is 23.6 Å². The molecule has 0 aliphatic carbocycles. The molecule has 0 aromatic heterocycles. The number of hydrogen-bond acceptors (Lipinski definition) is 5. The smallest absolute Gasteiger partial charge is 0.395 e. The topological polar surface area (TPSA) is 125 Å². The second kappa shape index (κ2) is 40.2. The van der Waals surface area contributed by atoms with Gasteiger partial charge in [0.15, 0.2) is 0 Å². The van der Waals surface area contributed by atoms with Gasteiger partial charge in [0, 0.05) is 12.1 Å². The maximum atomic E-state index is 9.32. The van der Waals surface area contributed by atoms with E-state index < -0.39 is 7.82 Å². The predicted octanol–water partition coefficient (Wildman–Crippen LogP) is 11.7. The summed E-state index contributed by atoms with van der Waals surface area (Å²) in [5, 5.41) is 18.6. The van der Waals surface area contributed by atoms with Crippen LogP contribution in [-0.4, -0.2) is 86.2 Å². The Bertz CT molecular complexity index is 712. The first kappa shape index (κ1) is 53.0. The van der Waals surface area contributed by atoms with Gasteiger partial charge < -0.3 is 24.9 Å². The molecule has 2 aliphatic rings. The Kier molecular flexibility index (Phi) is 40.1. The first-order valence-corrected chi connectivity index (χ1v) is 24.8. The molecule has 0 aromatic rings. The fourth-order valence-corrected chi connectivity index (χ4v) is 8.16. The van der Waals surface area contributed by atoms with Gasteiger partial charge in [-0.25, -0.2) is 4.57 Å². The molecule has 0 radical (unpaired) electrons. The van der Waals surface area contributed by atoms with Gasteiger partial charge in [-0.2, -0.15) is 0 Å². The van der Waals surface area contributed by atoms with Gasteiger partial charge in [0.2, 0.25) is 0 Å². The molecule has 320 valence electrons. The van der Waals surface area contributed by atoms with E-state index in [0.29, 0.717) is 25.3 Å². The van der Waals surface area contributed by atoms with Crippen LogP contribution in [0, 0.1) is 0 Å². The van der Waals surface area contributed by atoms with Gasteiger partial charge in [-0.1, -0.05) is 194 Å². The number of rotatable bonds is 34. The Balaban J connectivity index is 0.000000904. The molecule has 5 N–H and O–H groups in total. The average Bonchev–Trinajstić information content (AvgIpc) is 3.80. The molecule has 0 spiro atoms. The lowest BCUT2D eigenvalue weighted by Gasteiger charge is -2.22. The van der Waals surface area contributed by atoms with E-state index in [4.69, 9.17) is 19.2 Å². The summed E-state index contributed by atoms with van der Waals surface area (Å²) in [7, 11) is -4.64. The summed E-state index contributed by atoms with van der Waals surface area (Å²) >= 11 is 0. The zero-order chi connectivity index (χ0) is 39.1. The van der Waals surface area contributed by atoms with Crippen LogP contribution in [0.15, 0.2) is 0 Å². The summed E-state index contributed by atoms with van der Waals surface area (Å²) in [4.78, 5) is 26.6. The fraction of sp³-hybridized carbons (Fsp3) is 1.00. The third kappa shape index (κ3) is 38.6. The molecule has 0 bridgehead atoms. The Labute approximate surface area is 329 Å². The van der Waals surface area contributed by atoms with Crippen molar-refractivity contribution in [3.63, 3.8) is 0 Å². The van der Waals surface area contributed by atoms with Crippen molar-refractivity contribution in [2.45, 2.75) is 244 Å². The highest BCUT2D eigenvalue weighted by Crippen LogP contribution is 2.26. The van der Waals surface area contributed by atoms with Crippen molar-refractivity contribution >= 4 is 7.82 Å². The van der Waals surface area contributed by atoms with E-state index in [0.717, 1.165) is 0 Å². The van der Waals surface area contributed by atoms with Crippen LogP contribution in [0.25, 0.3) is 0 Å². The lowest BCUT2D eigenvalue weighted by molar-refractivity contribution is 0.157. The molecule has 2 atom stereocenters. The van der Waals surface area contributed by atoms with E-state index in [1.807, 2.05) is 0 Å². The van der Waals surface area contributed by atoms with E-state index in [1.54, 1.807) is 0 Å². The Morgan fingerprint density at radius 3 is 0.830 bits per heavy atom. The van der Waals surface area contributed by atoms with E-state index >= 15 is 0 Å². The molecule has 0 unspecified atom stereocenters. The summed E-state index contributed by atoms with van der Waals surface area (Å²) < 4.78 is 8.88. The number of aliphatic hydroxyl groups excluding tert-OH is 2. The number of hydrogen-bond donors (Lipinski definition) is 5. The van der Waals surface area contributed by atoms with E-state index in [1.165, 1.54) is 244 Å². The lowest BCUT2D eigenvalue weighted by atomic mass is 10.0. The third-order valence-corrected chi connectivity index (χ3v) is 11.5. The summed E-state index contributed by atoms with van der Waals surface area (Å²) in [6.45, 7) is 10.2. The molecule has 0 amide bonds. The average molecular weight is 777 g/mol. The highest BCUT2D eigenvalue weighted by Gasteiger charge is 2.23. The number of unbranched alkanes of at least 4 members (excludes halogenated alkanes) is 28. The lowest BCUT2D eigenvalue weighted by Crippen LogP contribution is -2.32. The van der Waals surface area contributed by atoms with Crippen molar-refractivity contribution in [3.8, 4) is 0 Å². The molecule has 0 aromatic carbocycles. The van der Waals surface area contributed by atoms with Crippen molar-refractivity contribution in [1.82, 2.24) is 9.80 Å². The predicted molar refractivity (Wildman–Crippen MR) is 227 cm³/mol. The van der Waals surface area contributed by atoms with E-state index in [-0.39, 0.29) is 0 Å². The monoisotopic (exact) mass is 777 g/mol.